The van der Waals surface area contributed by atoms with Crippen LogP contribution >= 0.6 is 15.9 Å². The van der Waals surface area contributed by atoms with E-state index in [0.717, 1.165) is 16.9 Å². The van der Waals surface area contributed by atoms with Crippen LogP contribution in [-0.4, -0.2) is 7.11 Å². The van der Waals surface area contributed by atoms with Gasteiger partial charge < -0.3 is 10.1 Å². The smallest absolute Gasteiger partial charge is 0.137 e. The van der Waals surface area contributed by atoms with Gasteiger partial charge in [0.25, 0.3) is 0 Å². The van der Waals surface area contributed by atoms with Crippen molar-refractivity contribution in [1.82, 2.24) is 5.32 Å². The maximum Gasteiger partial charge on any atom is 0.137 e. The summed E-state index contributed by atoms with van der Waals surface area (Å²) in [5.74, 6) is 0.624. The Morgan fingerprint density at radius 2 is 2.00 bits per heavy atom. The minimum atomic E-state index is -0.244. The summed E-state index contributed by atoms with van der Waals surface area (Å²) in [5, 5.41) is 3.41. The maximum absolute atomic E-state index is 13.2. The van der Waals surface area contributed by atoms with E-state index in [-0.39, 0.29) is 11.9 Å². The summed E-state index contributed by atoms with van der Waals surface area (Å²) in [6.07, 6.45) is 0. The van der Waals surface area contributed by atoms with E-state index in [9.17, 15) is 4.39 Å². The highest BCUT2D eigenvalue weighted by atomic mass is 79.9. The fourth-order valence-electron chi connectivity index (χ4n) is 2.05. The highest BCUT2D eigenvalue weighted by Gasteiger charge is 2.10. The normalized spacial score (nSPS) is 12.2. The first-order chi connectivity index (χ1) is 9.61. The van der Waals surface area contributed by atoms with Crippen molar-refractivity contribution in [1.29, 1.82) is 0 Å². The van der Waals surface area contributed by atoms with Crippen LogP contribution in [0.15, 0.2) is 46.9 Å². The van der Waals surface area contributed by atoms with Gasteiger partial charge in [0, 0.05) is 18.2 Å². The van der Waals surface area contributed by atoms with Crippen molar-refractivity contribution in [2.45, 2.75) is 19.5 Å². The molecule has 1 unspecified atom stereocenters. The SMILES string of the molecule is COc1ccccc1C(C)NCc1ccc(F)c(Br)c1. The standard InChI is InChI=1S/C16H17BrFNO/c1-11(13-5-3-4-6-16(13)20-2)19-10-12-7-8-15(18)14(17)9-12/h3-9,11,19H,10H2,1-2H3. The second-order valence-electron chi connectivity index (χ2n) is 4.59. The second-order valence-corrected chi connectivity index (χ2v) is 5.45. The highest BCUT2D eigenvalue weighted by molar-refractivity contribution is 9.10. The van der Waals surface area contributed by atoms with Crippen LogP contribution in [0.1, 0.15) is 24.1 Å². The van der Waals surface area contributed by atoms with Crippen molar-refractivity contribution in [2.75, 3.05) is 7.11 Å². The van der Waals surface area contributed by atoms with Gasteiger partial charge in [0.15, 0.2) is 0 Å². The van der Waals surface area contributed by atoms with Crippen LogP contribution in [0.2, 0.25) is 0 Å². The van der Waals surface area contributed by atoms with Crippen molar-refractivity contribution in [3.8, 4) is 5.75 Å². The molecule has 1 atom stereocenters. The molecule has 1 N–H and O–H groups in total. The van der Waals surface area contributed by atoms with Gasteiger partial charge in [-0.1, -0.05) is 24.3 Å². The van der Waals surface area contributed by atoms with Crippen LogP contribution < -0.4 is 10.1 Å². The predicted molar refractivity (Wildman–Crippen MR) is 82.3 cm³/mol. The number of hydrogen-bond acceptors (Lipinski definition) is 2. The quantitative estimate of drug-likeness (QED) is 0.870. The number of ether oxygens (including phenoxy) is 1. The van der Waals surface area contributed by atoms with Gasteiger partial charge in [-0.05, 0) is 46.6 Å². The number of halogens is 2. The molecule has 2 rings (SSSR count). The molecule has 0 amide bonds. The van der Waals surface area contributed by atoms with Crippen LogP contribution in [0.25, 0.3) is 0 Å². The summed E-state index contributed by atoms with van der Waals surface area (Å²) >= 11 is 3.20. The van der Waals surface area contributed by atoms with Gasteiger partial charge in [0.2, 0.25) is 0 Å². The molecule has 0 radical (unpaired) electrons. The molecule has 0 aromatic heterocycles. The summed E-state index contributed by atoms with van der Waals surface area (Å²) in [6.45, 7) is 2.74. The molecule has 106 valence electrons. The van der Waals surface area contributed by atoms with E-state index < -0.39 is 0 Å². The first kappa shape index (κ1) is 15.0. The van der Waals surface area contributed by atoms with Gasteiger partial charge in [-0.25, -0.2) is 4.39 Å². The lowest BCUT2D eigenvalue weighted by atomic mass is 10.1. The summed E-state index contributed by atoms with van der Waals surface area (Å²) in [4.78, 5) is 0. The van der Waals surface area contributed by atoms with Gasteiger partial charge in [-0.15, -0.1) is 0 Å². The summed E-state index contributed by atoms with van der Waals surface area (Å²) in [5.41, 5.74) is 2.14. The lowest BCUT2D eigenvalue weighted by molar-refractivity contribution is 0.401. The zero-order valence-electron chi connectivity index (χ0n) is 11.5. The third kappa shape index (κ3) is 3.58. The number of para-hydroxylation sites is 1. The molecule has 4 heteroatoms. The number of methoxy groups -OCH3 is 1. The number of rotatable bonds is 5. The lowest BCUT2D eigenvalue weighted by Gasteiger charge is -2.17. The van der Waals surface area contributed by atoms with E-state index in [1.165, 1.54) is 6.07 Å². The topological polar surface area (TPSA) is 21.3 Å². The molecule has 2 aromatic carbocycles. The molecular weight excluding hydrogens is 321 g/mol. The van der Waals surface area contributed by atoms with Crippen molar-refractivity contribution in [3.63, 3.8) is 0 Å². The number of hydrogen-bond donors (Lipinski definition) is 1. The molecule has 0 spiro atoms. The molecule has 2 aromatic rings. The van der Waals surface area contributed by atoms with Crippen LogP contribution in [0, 0.1) is 5.82 Å². The van der Waals surface area contributed by atoms with Crippen LogP contribution in [-0.2, 0) is 6.54 Å². The fraction of sp³-hybridized carbons (Fsp3) is 0.250. The molecule has 0 fully saturated rings. The molecule has 20 heavy (non-hydrogen) atoms. The molecule has 0 bridgehead atoms. The summed E-state index contributed by atoms with van der Waals surface area (Å²) in [7, 11) is 1.67. The third-order valence-corrected chi connectivity index (χ3v) is 3.81. The minimum Gasteiger partial charge on any atom is -0.496 e. The first-order valence-corrected chi connectivity index (χ1v) is 7.21. The van der Waals surface area contributed by atoms with Crippen molar-refractivity contribution in [3.05, 3.63) is 63.9 Å². The second kappa shape index (κ2) is 6.86. The van der Waals surface area contributed by atoms with Crippen LogP contribution in [0.3, 0.4) is 0 Å². The van der Waals surface area contributed by atoms with Crippen molar-refractivity contribution < 1.29 is 9.13 Å². The minimum absolute atomic E-state index is 0.148. The van der Waals surface area contributed by atoms with Crippen LogP contribution in [0.5, 0.6) is 5.75 Å². The maximum atomic E-state index is 13.2. The summed E-state index contributed by atoms with van der Waals surface area (Å²) in [6, 6.07) is 13.1. The average molecular weight is 338 g/mol. The van der Waals surface area contributed by atoms with Gasteiger partial charge in [0.05, 0.1) is 11.6 Å². The lowest BCUT2D eigenvalue weighted by Crippen LogP contribution is -2.18. The molecule has 0 aliphatic carbocycles. The number of nitrogens with one attached hydrogen (secondary N) is 1. The Morgan fingerprint density at radius 3 is 2.70 bits per heavy atom. The molecule has 2 nitrogen and oxygen atoms in total. The molecule has 0 heterocycles. The van der Waals surface area contributed by atoms with E-state index in [0.29, 0.717) is 11.0 Å². The van der Waals surface area contributed by atoms with Crippen molar-refractivity contribution in [2.24, 2.45) is 0 Å². The Kier molecular flexibility index (Phi) is 5.15. The Balaban J connectivity index is 2.04. The molecule has 0 aliphatic heterocycles. The Morgan fingerprint density at radius 1 is 1.25 bits per heavy atom. The molecule has 0 saturated heterocycles. The van der Waals surface area contributed by atoms with E-state index in [2.05, 4.69) is 28.2 Å². The van der Waals surface area contributed by atoms with Gasteiger partial charge in [-0.2, -0.15) is 0 Å². The largest absolute Gasteiger partial charge is 0.496 e. The van der Waals surface area contributed by atoms with E-state index in [1.54, 1.807) is 19.2 Å². The molecule has 0 aliphatic rings. The zero-order valence-corrected chi connectivity index (χ0v) is 13.1. The fourth-order valence-corrected chi connectivity index (χ4v) is 2.48. The molecule has 0 saturated carbocycles. The van der Waals surface area contributed by atoms with E-state index >= 15 is 0 Å². The zero-order chi connectivity index (χ0) is 14.5. The highest BCUT2D eigenvalue weighted by Crippen LogP contribution is 2.25. The van der Waals surface area contributed by atoms with E-state index in [1.807, 2.05) is 24.3 Å². The van der Waals surface area contributed by atoms with Gasteiger partial charge in [0.1, 0.15) is 11.6 Å². The Hall–Kier alpha value is -1.39. The van der Waals surface area contributed by atoms with Crippen LogP contribution in [0.4, 0.5) is 4.39 Å². The Labute approximate surface area is 127 Å². The first-order valence-electron chi connectivity index (χ1n) is 6.42. The predicted octanol–water partition coefficient (Wildman–Crippen LogP) is 4.45. The molecular formula is C16H17BrFNO. The third-order valence-electron chi connectivity index (χ3n) is 3.20. The monoisotopic (exact) mass is 337 g/mol. The van der Waals surface area contributed by atoms with Crippen molar-refractivity contribution >= 4 is 15.9 Å². The Bertz CT molecular complexity index is 588. The van der Waals surface area contributed by atoms with Gasteiger partial charge >= 0.3 is 0 Å². The number of benzene rings is 2. The van der Waals surface area contributed by atoms with E-state index in [4.69, 9.17) is 4.74 Å². The summed E-state index contributed by atoms with van der Waals surface area (Å²) < 4.78 is 19.0. The van der Waals surface area contributed by atoms with Gasteiger partial charge in [-0.3, -0.25) is 0 Å². The average Bonchev–Trinajstić information content (AvgIpc) is 2.48.